The maximum Gasteiger partial charge on any atom is 0.254 e. The molecule has 0 bridgehead atoms. The lowest BCUT2D eigenvalue weighted by molar-refractivity contribution is 0.0629. The summed E-state index contributed by atoms with van der Waals surface area (Å²) in [6.07, 6.45) is 1.81. The van der Waals surface area contributed by atoms with E-state index in [1.54, 1.807) is 18.2 Å². The van der Waals surface area contributed by atoms with E-state index in [1.807, 2.05) is 11.1 Å². The zero-order chi connectivity index (χ0) is 16.4. The minimum atomic E-state index is -0.0314. The predicted molar refractivity (Wildman–Crippen MR) is 101 cm³/mol. The molecule has 2 heterocycles. The van der Waals surface area contributed by atoms with Crippen molar-refractivity contribution in [3.05, 3.63) is 44.9 Å². The highest BCUT2D eigenvalue weighted by Crippen LogP contribution is 2.21. The Bertz CT molecular complexity index is 696. The summed E-state index contributed by atoms with van der Waals surface area (Å²) in [5.41, 5.74) is 6.18. The molecule has 5 nitrogen and oxygen atoms in total. The molecular formula is C15H17Cl3N4OS. The molecule has 0 unspecified atom stereocenters. The SMILES string of the molecule is Cl.Nc1ncc(CN2CCN(C(=O)c3cc(Cl)cc(Cl)c3)CC2)s1. The van der Waals surface area contributed by atoms with Crippen LogP contribution in [0, 0.1) is 0 Å². The fourth-order valence-electron chi connectivity index (χ4n) is 2.59. The zero-order valence-corrected chi connectivity index (χ0v) is 15.9. The van der Waals surface area contributed by atoms with E-state index < -0.39 is 0 Å². The number of aromatic nitrogens is 1. The number of hydrogen-bond donors (Lipinski definition) is 1. The fourth-order valence-corrected chi connectivity index (χ4v) is 3.84. The second-order valence-corrected chi connectivity index (χ2v) is 7.41. The first-order valence-corrected chi connectivity index (χ1v) is 8.76. The smallest absolute Gasteiger partial charge is 0.254 e. The van der Waals surface area contributed by atoms with Gasteiger partial charge in [-0.15, -0.1) is 23.7 Å². The van der Waals surface area contributed by atoms with Crippen LogP contribution in [0.25, 0.3) is 0 Å². The summed E-state index contributed by atoms with van der Waals surface area (Å²) in [5.74, 6) is -0.0314. The number of carbonyl (C=O) groups is 1. The van der Waals surface area contributed by atoms with Gasteiger partial charge in [-0.3, -0.25) is 9.69 Å². The van der Waals surface area contributed by atoms with Crippen LogP contribution in [0.1, 0.15) is 15.2 Å². The van der Waals surface area contributed by atoms with Crippen molar-refractivity contribution in [3.63, 3.8) is 0 Å². The summed E-state index contributed by atoms with van der Waals surface area (Å²) in [7, 11) is 0. The number of amides is 1. The first-order valence-electron chi connectivity index (χ1n) is 7.19. The van der Waals surface area contributed by atoms with Gasteiger partial charge in [-0.25, -0.2) is 4.98 Å². The summed E-state index contributed by atoms with van der Waals surface area (Å²) >= 11 is 13.4. The van der Waals surface area contributed by atoms with Crippen LogP contribution >= 0.6 is 46.9 Å². The molecule has 9 heteroatoms. The molecule has 2 aromatic rings. The van der Waals surface area contributed by atoms with Crippen LogP contribution < -0.4 is 5.73 Å². The largest absolute Gasteiger partial charge is 0.375 e. The number of nitrogens with two attached hydrogens (primary N) is 1. The number of nitrogen functional groups attached to an aromatic ring is 1. The highest BCUT2D eigenvalue weighted by molar-refractivity contribution is 7.15. The molecule has 0 saturated carbocycles. The van der Waals surface area contributed by atoms with Crippen molar-refractivity contribution in [3.8, 4) is 0 Å². The third-order valence-electron chi connectivity index (χ3n) is 3.72. The second kappa shape index (κ2) is 8.36. The van der Waals surface area contributed by atoms with Crippen molar-refractivity contribution in [2.75, 3.05) is 31.9 Å². The Labute approximate surface area is 160 Å². The average Bonchev–Trinajstić information content (AvgIpc) is 2.91. The van der Waals surface area contributed by atoms with Gasteiger partial charge in [0, 0.05) is 59.4 Å². The molecule has 1 aliphatic rings. The number of carbonyl (C=O) groups excluding carboxylic acids is 1. The van der Waals surface area contributed by atoms with Crippen molar-refractivity contribution in [2.45, 2.75) is 6.54 Å². The Hall–Kier alpha value is -1.05. The van der Waals surface area contributed by atoms with Gasteiger partial charge in [0.2, 0.25) is 0 Å². The average molecular weight is 408 g/mol. The van der Waals surface area contributed by atoms with E-state index in [-0.39, 0.29) is 18.3 Å². The highest BCUT2D eigenvalue weighted by atomic mass is 35.5. The van der Waals surface area contributed by atoms with Gasteiger partial charge in [-0.2, -0.15) is 0 Å². The summed E-state index contributed by atoms with van der Waals surface area (Å²) in [6.45, 7) is 3.81. The molecule has 1 aromatic heterocycles. The molecule has 0 aliphatic carbocycles. The second-order valence-electron chi connectivity index (χ2n) is 5.39. The van der Waals surface area contributed by atoms with E-state index in [0.717, 1.165) is 24.5 Å². The quantitative estimate of drug-likeness (QED) is 0.847. The van der Waals surface area contributed by atoms with E-state index >= 15 is 0 Å². The monoisotopic (exact) mass is 406 g/mol. The molecule has 1 amide bonds. The van der Waals surface area contributed by atoms with Gasteiger partial charge in [0.25, 0.3) is 5.91 Å². The molecule has 1 fully saturated rings. The number of hydrogen-bond acceptors (Lipinski definition) is 5. The minimum Gasteiger partial charge on any atom is -0.375 e. The molecular weight excluding hydrogens is 391 g/mol. The molecule has 130 valence electrons. The predicted octanol–water partition coefficient (Wildman–Crippen LogP) is 3.41. The van der Waals surface area contributed by atoms with E-state index in [9.17, 15) is 4.79 Å². The van der Waals surface area contributed by atoms with Crippen LogP contribution in [0.15, 0.2) is 24.4 Å². The number of rotatable bonds is 3. The first kappa shape index (κ1) is 19.3. The van der Waals surface area contributed by atoms with Crippen molar-refractivity contribution in [2.24, 2.45) is 0 Å². The minimum absolute atomic E-state index is 0. The van der Waals surface area contributed by atoms with Crippen LogP contribution in [0.4, 0.5) is 5.13 Å². The van der Waals surface area contributed by atoms with Crippen molar-refractivity contribution < 1.29 is 4.79 Å². The maximum absolute atomic E-state index is 12.5. The van der Waals surface area contributed by atoms with E-state index in [4.69, 9.17) is 28.9 Å². The summed E-state index contributed by atoms with van der Waals surface area (Å²) in [5, 5.41) is 1.54. The van der Waals surface area contributed by atoms with E-state index in [0.29, 0.717) is 33.8 Å². The van der Waals surface area contributed by atoms with Crippen molar-refractivity contribution >= 4 is 58.0 Å². The van der Waals surface area contributed by atoms with Gasteiger partial charge >= 0.3 is 0 Å². The highest BCUT2D eigenvalue weighted by Gasteiger charge is 2.23. The number of piperazine rings is 1. The van der Waals surface area contributed by atoms with Crippen LogP contribution in [-0.2, 0) is 6.54 Å². The van der Waals surface area contributed by atoms with E-state index in [1.165, 1.54) is 11.3 Å². The molecule has 3 rings (SSSR count). The van der Waals surface area contributed by atoms with Crippen LogP contribution in [0.3, 0.4) is 0 Å². The molecule has 1 aromatic carbocycles. The van der Waals surface area contributed by atoms with Crippen LogP contribution in [0.2, 0.25) is 10.0 Å². The molecule has 1 aliphatic heterocycles. The van der Waals surface area contributed by atoms with Gasteiger partial charge in [0.1, 0.15) is 0 Å². The Balaban J connectivity index is 0.00000208. The molecule has 0 spiro atoms. The number of halogens is 3. The first-order chi connectivity index (χ1) is 11.0. The Morgan fingerprint density at radius 1 is 1.17 bits per heavy atom. The van der Waals surface area contributed by atoms with Gasteiger partial charge in [0.15, 0.2) is 5.13 Å². The number of nitrogens with zero attached hydrogens (tertiary/aromatic N) is 3. The molecule has 2 N–H and O–H groups in total. The third-order valence-corrected chi connectivity index (χ3v) is 4.97. The maximum atomic E-state index is 12.5. The number of benzene rings is 1. The van der Waals surface area contributed by atoms with Gasteiger partial charge in [0.05, 0.1) is 0 Å². The topological polar surface area (TPSA) is 62.5 Å². The lowest BCUT2D eigenvalue weighted by Gasteiger charge is -2.34. The lowest BCUT2D eigenvalue weighted by Crippen LogP contribution is -2.48. The van der Waals surface area contributed by atoms with Crippen LogP contribution in [-0.4, -0.2) is 46.9 Å². The van der Waals surface area contributed by atoms with Crippen LogP contribution in [0.5, 0.6) is 0 Å². The lowest BCUT2D eigenvalue weighted by atomic mass is 10.2. The Morgan fingerprint density at radius 3 is 2.33 bits per heavy atom. The third kappa shape index (κ3) is 4.74. The van der Waals surface area contributed by atoms with Gasteiger partial charge in [-0.1, -0.05) is 23.2 Å². The van der Waals surface area contributed by atoms with Gasteiger partial charge < -0.3 is 10.6 Å². The Morgan fingerprint density at radius 2 is 1.79 bits per heavy atom. The summed E-state index contributed by atoms with van der Waals surface area (Å²) in [4.78, 5) is 21.9. The summed E-state index contributed by atoms with van der Waals surface area (Å²) < 4.78 is 0. The van der Waals surface area contributed by atoms with Gasteiger partial charge in [-0.05, 0) is 18.2 Å². The summed E-state index contributed by atoms with van der Waals surface area (Å²) in [6, 6.07) is 4.93. The van der Waals surface area contributed by atoms with Crippen molar-refractivity contribution in [1.29, 1.82) is 0 Å². The number of thiazole rings is 1. The van der Waals surface area contributed by atoms with Crippen molar-refractivity contribution in [1.82, 2.24) is 14.8 Å². The molecule has 0 atom stereocenters. The Kier molecular flexibility index (Phi) is 6.71. The van der Waals surface area contributed by atoms with E-state index in [2.05, 4.69) is 9.88 Å². The molecule has 1 saturated heterocycles. The fraction of sp³-hybridized carbons (Fsp3) is 0.333. The molecule has 24 heavy (non-hydrogen) atoms. The number of anilines is 1. The molecule has 0 radical (unpaired) electrons. The standard InChI is InChI=1S/C15H16Cl2N4OS.ClH/c16-11-5-10(6-12(17)7-11)14(22)21-3-1-20(2-4-21)9-13-8-19-15(18)23-13;/h5-8H,1-4,9H2,(H2,18,19);1H. The normalized spacial score (nSPS) is 15.2. The zero-order valence-electron chi connectivity index (χ0n) is 12.7.